The molecule has 5 aromatic rings. The van der Waals surface area contributed by atoms with Crippen LogP contribution in [0.15, 0.2) is 114 Å². The number of aromatic nitrogens is 2. The Hall–Kier alpha value is -6.05. The Bertz CT molecular complexity index is 2550. The quantitative estimate of drug-likeness (QED) is 0.0380. The zero-order chi connectivity index (χ0) is 45.0. The van der Waals surface area contributed by atoms with Crippen LogP contribution in [0.4, 0.5) is 15.4 Å². The molecule has 5 atom stereocenters. The number of benzene rings is 4. The first-order valence-electron chi connectivity index (χ1n) is 21.6. The van der Waals surface area contributed by atoms with Gasteiger partial charge >= 0.3 is 18.2 Å². The summed E-state index contributed by atoms with van der Waals surface area (Å²) in [7, 11) is 0. The van der Waals surface area contributed by atoms with Crippen LogP contribution in [0.5, 0.6) is 0 Å². The number of hydrogen-bond donors (Lipinski definition) is 4. The lowest BCUT2D eigenvalue weighted by Crippen LogP contribution is -2.43. The molecule has 1 saturated heterocycles. The van der Waals surface area contributed by atoms with Crippen LogP contribution < -0.4 is 16.7 Å². The van der Waals surface area contributed by atoms with Gasteiger partial charge in [-0.2, -0.15) is 4.98 Å². The zero-order valence-electron chi connectivity index (χ0n) is 35.9. The minimum absolute atomic E-state index is 0.0203. The summed E-state index contributed by atoms with van der Waals surface area (Å²) >= 11 is 0. The monoisotopic (exact) mass is 887 g/mol. The Morgan fingerprint density at radius 3 is 1.89 bits per heavy atom. The lowest BCUT2D eigenvalue weighted by atomic mass is 9.98. The molecule has 2 aliphatic carbocycles. The lowest BCUT2D eigenvalue weighted by molar-refractivity contribution is -0.142. The largest absolute Gasteiger partial charge is 0.516 e. The number of hydrogen-bond acceptors (Lipinski definition) is 12. The van der Waals surface area contributed by atoms with E-state index in [1.165, 1.54) is 0 Å². The van der Waals surface area contributed by atoms with E-state index < -0.39 is 55.7 Å². The molecule has 1 unspecified atom stereocenters. The normalized spacial score (nSPS) is 19.6. The van der Waals surface area contributed by atoms with Gasteiger partial charge in [0.1, 0.15) is 37.3 Å². The average molecular weight is 888 g/mol. The molecule has 1 aromatic heterocycles. The van der Waals surface area contributed by atoms with Crippen molar-refractivity contribution in [1.29, 1.82) is 0 Å². The first-order chi connectivity index (χ1) is 30.9. The molecule has 5 N–H and O–H groups in total. The third-order valence-electron chi connectivity index (χ3n) is 12.1. The highest BCUT2D eigenvalue weighted by atomic mass is 31.2. The number of anilines is 1. The van der Waals surface area contributed by atoms with Crippen LogP contribution in [-0.4, -0.2) is 108 Å². The number of ether oxygens (including phenoxy) is 4. The highest BCUT2D eigenvalue weighted by molar-refractivity contribution is 7.72. The lowest BCUT2D eigenvalue weighted by Gasteiger charge is -2.19. The van der Waals surface area contributed by atoms with Crippen LogP contribution in [0.2, 0.25) is 0 Å². The van der Waals surface area contributed by atoms with Crippen LogP contribution in [0, 0.1) is 0 Å². The van der Waals surface area contributed by atoms with E-state index in [1.54, 1.807) is 16.8 Å². The second-order valence-electron chi connectivity index (χ2n) is 17.2. The van der Waals surface area contributed by atoms with Gasteiger partial charge in [0.25, 0.3) is 0 Å². The van der Waals surface area contributed by atoms with E-state index in [4.69, 9.17) is 24.7 Å². The predicted molar refractivity (Wildman–Crippen MR) is 245 cm³/mol. The molecule has 1 amide bonds. The molecule has 0 bridgehead atoms. The van der Waals surface area contributed by atoms with Crippen LogP contribution in [0.3, 0.4) is 0 Å². The second kappa shape index (κ2) is 19.4. The van der Waals surface area contributed by atoms with Crippen LogP contribution in [-0.2, 0) is 23.7 Å². The fourth-order valence-corrected chi connectivity index (χ4v) is 9.82. The van der Waals surface area contributed by atoms with Gasteiger partial charge < -0.3 is 40.2 Å². The summed E-state index contributed by atoms with van der Waals surface area (Å²) in [6, 6.07) is 32.0. The second-order valence-corrected chi connectivity index (χ2v) is 21.5. The van der Waals surface area contributed by atoms with Crippen molar-refractivity contribution in [2.45, 2.75) is 68.1 Å². The number of aliphatic hydroxyl groups is 2. The molecule has 3 aliphatic rings. The number of alkyl carbamates (subject to hydrolysis) is 1. The van der Waals surface area contributed by atoms with Crippen molar-refractivity contribution < 1.29 is 43.5 Å². The fourth-order valence-electron chi connectivity index (χ4n) is 8.87. The van der Waals surface area contributed by atoms with Crippen molar-refractivity contribution in [3.05, 3.63) is 137 Å². The van der Waals surface area contributed by atoms with E-state index >= 15 is 0 Å². The number of nitrogens with two attached hydrogens (primary N) is 1. The van der Waals surface area contributed by atoms with Crippen LogP contribution >= 0.6 is 6.89 Å². The molecule has 64 heavy (non-hydrogen) atoms. The summed E-state index contributed by atoms with van der Waals surface area (Å²) in [5, 5.41) is 24.5. The Morgan fingerprint density at radius 2 is 1.34 bits per heavy atom. The third-order valence-corrected chi connectivity index (χ3v) is 13.6. The number of aliphatic hydroxyl groups excluding tert-OH is 2. The standard InChI is InChI=1S/C49H54N5O9P/c1-64(2,3)27-24-41-43(55)44(56)45(62-41)54-26-23-42(50)53-47(54)51-25-13-12-22-40(52-48(58)60-28-38-34-18-8-4-14-30(34)31-15-5-9-19-35(31)38)46(57)63-49(59)61-29-39-36-20-10-6-16-32(36)33-17-7-11-21-37(33)39/h4-11,14-21,23,26,38-41,43-45,55-56H,1,12-13,22,24-25,27-29H2,2-3H3,(H,52,58)(H2,50,51,53)/t40?,41-,43-,44-,45-/m1/s1. The molecule has 0 radical (unpaired) electrons. The SMILES string of the molecule is C=P(C)(C)CC[C@H]1O[C@@H](n2ccc(N)nc2=NCCCCC(NC(=O)OCC2c3ccccc3-c3ccccc32)C(=O)OC(=O)OCC2c3ccccc3-c3ccccc32)[C@H](O)[C@@H]1O. The van der Waals surface area contributed by atoms with E-state index in [-0.39, 0.29) is 49.5 Å². The highest BCUT2D eigenvalue weighted by Gasteiger charge is 2.44. The molecular weight excluding hydrogens is 834 g/mol. The molecule has 8 rings (SSSR count). The smallest absolute Gasteiger partial charge is 0.449 e. The van der Waals surface area contributed by atoms with E-state index in [0.717, 1.165) is 50.7 Å². The molecule has 14 nitrogen and oxygen atoms in total. The minimum atomic E-state index is -1.39. The van der Waals surface area contributed by atoms with Gasteiger partial charge in [-0.1, -0.05) is 97.1 Å². The number of carbonyl (C=O) groups is 3. The number of unbranched alkanes of at least 4 members (excludes halogenated alkanes) is 1. The molecule has 0 spiro atoms. The Balaban J connectivity index is 0.925. The van der Waals surface area contributed by atoms with Crippen molar-refractivity contribution >= 4 is 37.2 Å². The Morgan fingerprint density at radius 1 is 0.812 bits per heavy atom. The summed E-state index contributed by atoms with van der Waals surface area (Å²) in [5.41, 5.74) is 14.5. The number of rotatable bonds is 15. The summed E-state index contributed by atoms with van der Waals surface area (Å²) < 4.78 is 24.2. The number of carbonyl (C=O) groups excluding carboxylic acids is 3. The molecule has 0 saturated carbocycles. The van der Waals surface area contributed by atoms with Gasteiger partial charge in [-0.3, -0.25) is 9.56 Å². The average Bonchev–Trinajstić information content (AvgIpc) is 3.89. The maximum absolute atomic E-state index is 13.7. The van der Waals surface area contributed by atoms with Gasteiger partial charge in [-0.15, -0.1) is 13.2 Å². The van der Waals surface area contributed by atoms with Gasteiger partial charge in [0.05, 0.1) is 6.10 Å². The molecule has 15 heteroatoms. The molecule has 4 aromatic carbocycles. The fraction of sp³-hybridized carbons (Fsp3) is 0.347. The van der Waals surface area contributed by atoms with Crippen molar-refractivity contribution in [2.24, 2.45) is 4.99 Å². The minimum Gasteiger partial charge on any atom is -0.449 e. The Labute approximate surface area is 372 Å². The third kappa shape index (κ3) is 9.85. The topological polar surface area (TPSA) is 197 Å². The number of amides is 1. The van der Waals surface area contributed by atoms with Crippen molar-refractivity contribution in [1.82, 2.24) is 14.9 Å². The maximum atomic E-state index is 13.7. The Kier molecular flexibility index (Phi) is 13.5. The summed E-state index contributed by atoms with van der Waals surface area (Å²) in [6.07, 6.45) is 2.12. The van der Waals surface area contributed by atoms with E-state index in [2.05, 4.69) is 34.9 Å². The predicted octanol–water partition coefficient (Wildman–Crippen LogP) is 6.65. The van der Waals surface area contributed by atoms with E-state index in [9.17, 15) is 24.6 Å². The van der Waals surface area contributed by atoms with Gasteiger partial charge in [0.2, 0.25) is 5.62 Å². The van der Waals surface area contributed by atoms with E-state index in [0.29, 0.717) is 19.3 Å². The van der Waals surface area contributed by atoms with Crippen molar-refractivity contribution in [3.63, 3.8) is 0 Å². The summed E-state index contributed by atoms with van der Waals surface area (Å²) in [5.74, 6) is -1.25. The zero-order valence-corrected chi connectivity index (χ0v) is 36.8. The summed E-state index contributed by atoms with van der Waals surface area (Å²) in [6.45, 7) is 3.00. The highest BCUT2D eigenvalue weighted by Crippen LogP contribution is 2.46. The van der Waals surface area contributed by atoms with Crippen molar-refractivity contribution in [2.75, 3.05) is 45.0 Å². The van der Waals surface area contributed by atoms with Gasteiger partial charge in [-0.05, 0) is 95.7 Å². The first kappa shape index (κ1) is 44.6. The first-order valence-corrected chi connectivity index (χ1v) is 24.6. The molecule has 1 aliphatic heterocycles. The molecule has 2 heterocycles. The number of fused-ring (bicyclic) bond motifs is 6. The molecule has 334 valence electrons. The number of nitrogens with zero attached hydrogens (tertiary/aromatic N) is 3. The number of nitrogen functional groups attached to an aromatic ring is 1. The molecule has 1 fully saturated rings. The van der Waals surface area contributed by atoms with Gasteiger partial charge in [-0.25, -0.2) is 14.4 Å². The number of esters is 1. The summed E-state index contributed by atoms with van der Waals surface area (Å²) in [4.78, 5) is 49.2. The van der Waals surface area contributed by atoms with Gasteiger partial charge in [0.15, 0.2) is 6.23 Å². The molecular formula is C49H54N5O9P. The van der Waals surface area contributed by atoms with Crippen LogP contribution in [0.1, 0.15) is 66.0 Å². The maximum Gasteiger partial charge on any atom is 0.516 e. The van der Waals surface area contributed by atoms with Gasteiger partial charge in [0, 0.05) is 24.6 Å². The van der Waals surface area contributed by atoms with E-state index in [1.807, 2.05) is 97.1 Å². The van der Waals surface area contributed by atoms with Crippen molar-refractivity contribution in [3.8, 4) is 22.3 Å². The van der Waals surface area contributed by atoms with Crippen LogP contribution in [0.25, 0.3) is 22.3 Å². The number of nitrogens with one attached hydrogen (secondary N) is 1.